The molecule has 1 aliphatic rings. The van der Waals surface area contributed by atoms with Gasteiger partial charge >= 0.3 is 0 Å². The predicted molar refractivity (Wildman–Crippen MR) is 66.6 cm³/mol. The summed E-state index contributed by atoms with van der Waals surface area (Å²) < 4.78 is 2.12. The molecule has 0 saturated heterocycles. The first-order valence-corrected chi connectivity index (χ1v) is 6.06. The Bertz CT molecular complexity index is 528. The number of hydrogen-bond donors (Lipinski definition) is 2. The van der Waals surface area contributed by atoms with Crippen molar-refractivity contribution in [2.75, 3.05) is 0 Å². The van der Waals surface area contributed by atoms with Crippen molar-refractivity contribution in [2.24, 2.45) is 7.05 Å². The zero-order valence-corrected chi connectivity index (χ0v) is 9.93. The highest BCUT2D eigenvalue weighted by atomic mass is 16.3. The fraction of sp³-hybridized carbons (Fsp3) is 0.462. The van der Waals surface area contributed by atoms with Crippen molar-refractivity contribution in [1.82, 2.24) is 14.9 Å². The van der Waals surface area contributed by atoms with Crippen molar-refractivity contribution < 1.29 is 5.11 Å². The smallest absolute Gasteiger partial charge is 0.123 e. The van der Waals surface area contributed by atoms with Gasteiger partial charge < -0.3 is 15.0 Å². The summed E-state index contributed by atoms with van der Waals surface area (Å²) in [6.45, 7) is 0.766. The van der Waals surface area contributed by atoms with Crippen LogP contribution in [0.5, 0.6) is 0 Å². The molecule has 0 radical (unpaired) electrons. The van der Waals surface area contributed by atoms with Gasteiger partial charge in [-0.2, -0.15) is 0 Å². The highest BCUT2D eigenvalue weighted by Crippen LogP contribution is 2.20. The molecule has 0 spiro atoms. The summed E-state index contributed by atoms with van der Waals surface area (Å²) in [5.74, 6) is 1.05. The Morgan fingerprint density at radius 1 is 1.41 bits per heavy atom. The fourth-order valence-corrected chi connectivity index (χ4v) is 2.34. The number of para-hydroxylation sites is 2. The van der Waals surface area contributed by atoms with Crippen molar-refractivity contribution >= 4 is 11.0 Å². The van der Waals surface area contributed by atoms with Crippen molar-refractivity contribution in [3.63, 3.8) is 0 Å². The molecule has 0 atom stereocenters. The summed E-state index contributed by atoms with van der Waals surface area (Å²) >= 11 is 0. The van der Waals surface area contributed by atoms with Crippen LogP contribution < -0.4 is 5.32 Å². The normalized spacial score (nSPS) is 23.9. The molecule has 1 aliphatic carbocycles. The van der Waals surface area contributed by atoms with E-state index in [1.165, 1.54) is 0 Å². The van der Waals surface area contributed by atoms with Crippen LogP contribution in [0, 0.1) is 0 Å². The van der Waals surface area contributed by atoms with Gasteiger partial charge in [0.25, 0.3) is 0 Å². The standard InChI is InChI=1S/C13H17N3O/c1-16-12-5-3-2-4-11(12)15-13(16)8-14-9-6-10(17)7-9/h2-5,9-10,14,17H,6-8H2,1H3. The van der Waals surface area contributed by atoms with Crippen LogP contribution in [0.3, 0.4) is 0 Å². The molecule has 4 heteroatoms. The first-order chi connectivity index (χ1) is 8.24. The molecular weight excluding hydrogens is 214 g/mol. The molecule has 1 fully saturated rings. The van der Waals surface area contributed by atoms with Gasteiger partial charge in [0.1, 0.15) is 5.82 Å². The van der Waals surface area contributed by atoms with Crippen molar-refractivity contribution in [3.05, 3.63) is 30.1 Å². The molecule has 1 heterocycles. The summed E-state index contributed by atoms with van der Waals surface area (Å²) in [5.41, 5.74) is 2.21. The summed E-state index contributed by atoms with van der Waals surface area (Å²) in [6.07, 6.45) is 1.63. The van der Waals surface area contributed by atoms with Gasteiger partial charge in [-0.1, -0.05) is 12.1 Å². The number of fused-ring (bicyclic) bond motifs is 1. The Labute approximate surface area is 100 Å². The number of aromatic nitrogens is 2. The lowest BCUT2D eigenvalue weighted by molar-refractivity contribution is 0.0616. The van der Waals surface area contributed by atoms with Gasteiger partial charge in [-0.15, -0.1) is 0 Å². The van der Waals surface area contributed by atoms with E-state index in [2.05, 4.69) is 20.9 Å². The van der Waals surface area contributed by atoms with E-state index in [0.717, 1.165) is 36.2 Å². The molecule has 1 aromatic carbocycles. The molecular formula is C13H17N3O. The molecule has 1 saturated carbocycles. The molecule has 1 aromatic heterocycles. The van der Waals surface area contributed by atoms with E-state index in [9.17, 15) is 5.11 Å². The number of hydrogen-bond acceptors (Lipinski definition) is 3. The average molecular weight is 231 g/mol. The second-order valence-electron chi connectivity index (χ2n) is 4.78. The highest BCUT2D eigenvalue weighted by Gasteiger charge is 2.26. The van der Waals surface area contributed by atoms with Crippen LogP contribution in [0.4, 0.5) is 0 Å². The van der Waals surface area contributed by atoms with Crippen LogP contribution in [-0.2, 0) is 13.6 Å². The number of nitrogens with zero attached hydrogens (tertiary/aromatic N) is 2. The Hall–Kier alpha value is -1.39. The number of imidazole rings is 1. The number of rotatable bonds is 3. The van der Waals surface area contributed by atoms with Crippen molar-refractivity contribution in [3.8, 4) is 0 Å². The quantitative estimate of drug-likeness (QED) is 0.834. The van der Waals surface area contributed by atoms with E-state index in [-0.39, 0.29) is 6.10 Å². The minimum absolute atomic E-state index is 0.104. The van der Waals surface area contributed by atoms with E-state index in [0.29, 0.717) is 6.04 Å². The summed E-state index contributed by atoms with van der Waals surface area (Å²) in [6, 6.07) is 8.60. The van der Waals surface area contributed by atoms with Gasteiger partial charge in [-0.25, -0.2) is 4.98 Å². The minimum atomic E-state index is -0.104. The number of aryl methyl sites for hydroxylation is 1. The van der Waals surface area contributed by atoms with Crippen LogP contribution in [0.25, 0.3) is 11.0 Å². The Kier molecular flexibility index (Phi) is 2.61. The van der Waals surface area contributed by atoms with E-state index in [1.54, 1.807) is 0 Å². The van der Waals surface area contributed by atoms with Crippen molar-refractivity contribution in [2.45, 2.75) is 31.5 Å². The molecule has 0 bridgehead atoms. The maximum absolute atomic E-state index is 9.22. The number of benzene rings is 1. The van der Waals surface area contributed by atoms with Crippen LogP contribution >= 0.6 is 0 Å². The van der Waals surface area contributed by atoms with Gasteiger partial charge in [0.2, 0.25) is 0 Å². The molecule has 4 nitrogen and oxygen atoms in total. The summed E-state index contributed by atoms with van der Waals surface area (Å²) in [4.78, 5) is 4.60. The van der Waals surface area contributed by atoms with Gasteiger partial charge in [0.15, 0.2) is 0 Å². The first kappa shape index (κ1) is 10.7. The molecule has 17 heavy (non-hydrogen) atoms. The van der Waals surface area contributed by atoms with Crippen molar-refractivity contribution in [1.29, 1.82) is 0 Å². The monoisotopic (exact) mass is 231 g/mol. The summed E-state index contributed by atoms with van der Waals surface area (Å²) in [5, 5.41) is 12.6. The first-order valence-electron chi connectivity index (χ1n) is 6.06. The zero-order chi connectivity index (χ0) is 11.8. The van der Waals surface area contributed by atoms with E-state index in [4.69, 9.17) is 0 Å². The second kappa shape index (κ2) is 4.13. The highest BCUT2D eigenvalue weighted by molar-refractivity contribution is 5.75. The van der Waals surface area contributed by atoms with Crippen LogP contribution in [0.2, 0.25) is 0 Å². The number of aliphatic hydroxyl groups excluding tert-OH is 1. The molecule has 90 valence electrons. The summed E-state index contributed by atoms with van der Waals surface area (Å²) in [7, 11) is 2.04. The predicted octanol–water partition coefficient (Wildman–Crippen LogP) is 1.19. The molecule has 0 unspecified atom stereocenters. The van der Waals surface area contributed by atoms with Crippen LogP contribution in [0.1, 0.15) is 18.7 Å². The third kappa shape index (κ3) is 1.94. The van der Waals surface area contributed by atoms with Crippen LogP contribution in [-0.4, -0.2) is 26.8 Å². The van der Waals surface area contributed by atoms with Crippen LogP contribution in [0.15, 0.2) is 24.3 Å². The SMILES string of the molecule is Cn1c(CNC2CC(O)C2)nc2ccccc21. The van der Waals surface area contributed by atoms with E-state index in [1.807, 2.05) is 25.2 Å². The fourth-order valence-electron chi connectivity index (χ4n) is 2.34. The average Bonchev–Trinajstić information content (AvgIpc) is 2.61. The maximum Gasteiger partial charge on any atom is 0.123 e. The largest absolute Gasteiger partial charge is 0.393 e. The number of nitrogens with one attached hydrogen (secondary N) is 1. The molecule has 2 N–H and O–H groups in total. The molecule has 3 rings (SSSR count). The Morgan fingerprint density at radius 2 is 2.18 bits per heavy atom. The van der Waals surface area contributed by atoms with Gasteiger partial charge in [0, 0.05) is 13.1 Å². The molecule has 2 aromatic rings. The van der Waals surface area contributed by atoms with Gasteiger partial charge in [-0.3, -0.25) is 0 Å². The molecule has 0 amide bonds. The Morgan fingerprint density at radius 3 is 2.88 bits per heavy atom. The number of aliphatic hydroxyl groups is 1. The lowest BCUT2D eigenvalue weighted by atomic mass is 9.89. The van der Waals surface area contributed by atoms with Gasteiger partial charge in [-0.05, 0) is 25.0 Å². The molecule has 0 aliphatic heterocycles. The minimum Gasteiger partial charge on any atom is -0.393 e. The lowest BCUT2D eigenvalue weighted by Gasteiger charge is -2.32. The second-order valence-corrected chi connectivity index (χ2v) is 4.78. The van der Waals surface area contributed by atoms with E-state index >= 15 is 0 Å². The third-order valence-electron chi connectivity index (χ3n) is 3.54. The topological polar surface area (TPSA) is 50.1 Å². The zero-order valence-electron chi connectivity index (χ0n) is 9.93. The third-order valence-corrected chi connectivity index (χ3v) is 3.54. The van der Waals surface area contributed by atoms with E-state index < -0.39 is 0 Å². The van der Waals surface area contributed by atoms with Gasteiger partial charge in [0.05, 0.1) is 23.7 Å². The maximum atomic E-state index is 9.22. The Balaban J connectivity index is 1.74. The lowest BCUT2D eigenvalue weighted by Crippen LogP contribution is -2.44.